The monoisotopic (exact) mass is 440 g/mol. The number of aryl methyl sites for hydroxylation is 1. The van der Waals surface area contributed by atoms with Crippen molar-refractivity contribution in [2.24, 2.45) is 0 Å². The fourth-order valence-corrected chi connectivity index (χ4v) is 3.43. The van der Waals surface area contributed by atoms with Gasteiger partial charge in [0.25, 0.3) is 0 Å². The van der Waals surface area contributed by atoms with Crippen molar-refractivity contribution in [3.63, 3.8) is 0 Å². The molecule has 0 aliphatic heterocycles. The minimum absolute atomic E-state index is 0.133. The van der Waals surface area contributed by atoms with E-state index in [0.29, 0.717) is 32.5 Å². The molecule has 1 heterocycles. The molecule has 0 spiro atoms. The van der Waals surface area contributed by atoms with Gasteiger partial charge in [0.1, 0.15) is 30.0 Å². The van der Waals surface area contributed by atoms with Gasteiger partial charge in [-0.15, -0.1) is 0 Å². The van der Waals surface area contributed by atoms with Crippen LogP contribution in [0.4, 0.5) is 0 Å². The smallest absolute Gasteiger partial charge is 0.235 e. The summed E-state index contributed by atoms with van der Waals surface area (Å²) in [5, 5.41) is 1.51. The highest BCUT2D eigenvalue weighted by atomic mass is 35.5. The highest BCUT2D eigenvalue weighted by molar-refractivity contribution is 6.35. The van der Waals surface area contributed by atoms with Crippen LogP contribution in [0.25, 0.3) is 11.0 Å². The molecule has 4 aromatic rings. The van der Waals surface area contributed by atoms with Crippen LogP contribution >= 0.6 is 23.2 Å². The molecule has 152 valence electrons. The van der Waals surface area contributed by atoms with Gasteiger partial charge in [0.15, 0.2) is 0 Å². The van der Waals surface area contributed by atoms with Gasteiger partial charge in [-0.2, -0.15) is 0 Å². The topological polar surface area (TPSA) is 48.7 Å². The summed E-state index contributed by atoms with van der Waals surface area (Å²) >= 11 is 12.1. The predicted molar refractivity (Wildman–Crippen MR) is 119 cm³/mol. The van der Waals surface area contributed by atoms with Gasteiger partial charge in [-0.05, 0) is 48.4 Å². The Kier molecular flexibility index (Phi) is 5.98. The average molecular weight is 441 g/mol. The molecule has 0 bridgehead atoms. The predicted octanol–water partition coefficient (Wildman–Crippen LogP) is 7.03. The summed E-state index contributed by atoms with van der Waals surface area (Å²) in [5.41, 5.74) is 2.16. The minimum Gasteiger partial charge on any atom is -0.489 e. The maximum atomic E-state index is 12.8. The van der Waals surface area contributed by atoms with E-state index in [1.54, 1.807) is 30.3 Å². The molecule has 0 atom stereocenters. The van der Waals surface area contributed by atoms with E-state index in [1.807, 2.05) is 30.3 Å². The largest absolute Gasteiger partial charge is 0.489 e. The first-order valence-corrected chi connectivity index (χ1v) is 10.2. The van der Waals surface area contributed by atoms with E-state index in [2.05, 4.69) is 6.92 Å². The fourth-order valence-electron chi connectivity index (χ4n) is 2.97. The zero-order chi connectivity index (χ0) is 21.1. The second kappa shape index (κ2) is 8.82. The third-order valence-corrected chi connectivity index (χ3v) is 5.27. The number of fused-ring (bicyclic) bond motifs is 1. The molecule has 3 aromatic carbocycles. The second-order valence-electron chi connectivity index (χ2n) is 6.71. The first kappa shape index (κ1) is 20.3. The molecule has 0 radical (unpaired) electrons. The maximum absolute atomic E-state index is 12.8. The number of rotatable bonds is 6. The summed E-state index contributed by atoms with van der Waals surface area (Å²) in [6, 6.07) is 17.9. The van der Waals surface area contributed by atoms with E-state index >= 15 is 0 Å². The van der Waals surface area contributed by atoms with Crippen LogP contribution in [0.5, 0.6) is 17.2 Å². The van der Waals surface area contributed by atoms with Crippen LogP contribution in [0.15, 0.2) is 76.1 Å². The quantitative estimate of drug-likeness (QED) is 0.322. The number of hydrogen-bond donors (Lipinski definition) is 0. The van der Waals surface area contributed by atoms with Gasteiger partial charge in [-0.3, -0.25) is 4.79 Å². The molecule has 0 aliphatic carbocycles. The molecule has 0 saturated heterocycles. The minimum atomic E-state index is -0.247. The zero-order valence-corrected chi connectivity index (χ0v) is 17.7. The van der Waals surface area contributed by atoms with Crippen LogP contribution in [-0.2, 0) is 13.0 Å². The summed E-state index contributed by atoms with van der Waals surface area (Å²) in [7, 11) is 0. The molecule has 0 unspecified atom stereocenters. The van der Waals surface area contributed by atoms with E-state index in [1.165, 1.54) is 11.8 Å². The zero-order valence-electron chi connectivity index (χ0n) is 16.2. The van der Waals surface area contributed by atoms with Crippen molar-refractivity contribution in [2.75, 3.05) is 0 Å². The van der Waals surface area contributed by atoms with E-state index in [9.17, 15) is 4.79 Å². The lowest BCUT2D eigenvalue weighted by atomic mass is 10.2. The van der Waals surface area contributed by atoms with Crippen molar-refractivity contribution < 1.29 is 13.9 Å². The molecule has 0 fully saturated rings. The maximum Gasteiger partial charge on any atom is 0.235 e. The Morgan fingerprint density at radius 1 is 0.933 bits per heavy atom. The molecule has 4 nitrogen and oxygen atoms in total. The van der Waals surface area contributed by atoms with Crippen molar-refractivity contribution in [3.05, 3.63) is 98.3 Å². The first-order chi connectivity index (χ1) is 14.5. The van der Waals surface area contributed by atoms with Crippen molar-refractivity contribution in [1.82, 2.24) is 0 Å². The highest BCUT2D eigenvalue weighted by Gasteiger charge is 2.11. The fraction of sp³-hybridized carbons (Fsp3) is 0.125. The number of benzene rings is 3. The van der Waals surface area contributed by atoms with Crippen LogP contribution in [0, 0.1) is 0 Å². The van der Waals surface area contributed by atoms with Crippen LogP contribution in [0.1, 0.15) is 18.1 Å². The molecule has 1 aromatic heterocycles. The van der Waals surface area contributed by atoms with Crippen molar-refractivity contribution in [1.29, 1.82) is 0 Å². The summed E-state index contributed by atoms with van der Waals surface area (Å²) in [6.45, 7) is 2.34. The Bertz CT molecular complexity index is 1250. The van der Waals surface area contributed by atoms with Crippen molar-refractivity contribution >= 4 is 34.2 Å². The van der Waals surface area contributed by atoms with Gasteiger partial charge >= 0.3 is 0 Å². The third kappa shape index (κ3) is 4.45. The van der Waals surface area contributed by atoms with Gasteiger partial charge in [-0.1, -0.05) is 48.3 Å². The molecule has 0 saturated carbocycles. The lowest BCUT2D eigenvalue weighted by molar-refractivity contribution is 0.306. The van der Waals surface area contributed by atoms with Crippen molar-refractivity contribution in [3.8, 4) is 17.2 Å². The molecule has 6 heteroatoms. The number of halogens is 2. The van der Waals surface area contributed by atoms with Crippen LogP contribution < -0.4 is 14.9 Å². The molecule has 0 aliphatic rings. The third-order valence-electron chi connectivity index (χ3n) is 4.68. The van der Waals surface area contributed by atoms with E-state index < -0.39 is 0 Å². The average Bonchev–Trinajstić information content (AvgIpc) is 2.75. The number of ether oxygens (including phenoxy) is 2. The van der Waals surface area contributed by atoms with Gasteiger partial charge in [-0.25, -0.2) is 0 Å². The SMILES string of the molecule is CCc1ccc(Oc2coc3cc(OCc4ccc(Cl)cc4Cl)ccc3c2=O)cc1. The van der Waals surface area contributed by atoms with Crippen LogP contribution in [0.2, 0.25) is 10.0 Å². The van der Waals surface area contributed by atoms with E-state index in [0.717, 1.165) is 12.0 Å². The van der Waals surface area contributed by atoms with E-state index in [4.69, 9.17) is 37.1 Å². The Morgan fingerprint density at radius 3 is 2.43 bits per heavy atom. The van der Waals surface area contributed by atoms with Gasteiger partial charge in [0, 0.05) is 21.7 Å². The summed E-state index contributed by atoms with van der Waals surface area (Å²) in [5.74, 6) is 1.27. The summed E-state index contributed by atoms with van der Waals surface area (Å²) in [4.78, 5) is 12.8. The van der Waals surface area contributed by atoms with E-state index in [-0.39, 0.29) is 17.8 Å². The Hall–Kier alpha value is -2.95. The second-order valence-corrected chi connectivity index (χ2v) is 7.55. The van der Waals surface area contributed by atoms with Crippen LogP contribution in [-0.4, -0.2) is 0 Å². The molecule has 4 rings (SSSR count). The molecule has 0 amide bonds. The summed E-state index contributed by atoms with van der Waals surface area (Å²) in [6.07, 6.45) is 2.26. The van der Waals surface area contributed by atoms with Crippen molar-refractivity contribution in [2.45, 2.75) is 20.0 Å². The van der Waals surface area contributed by atoms with Gasteiger partial charge < -0.3 is 13.9 Å². The first-order valence-electron chi connectivity index (χ1n) is 9.42. The highest BCUT2D eigenvalue weighted by Crippen LogP contribution is 2.26. The Morgan fingerprint density at radius 2 is 1.70 bits per heavy atom. The standard InChI is InChI=1S/C24H18Cl2O4/c1-2-15-3-7-18(8-4-15)30-23-14-29-22-12-19(9-10-20(22)24(23)27)28-13-16-5-6-17(25)11-21(16)26/h3-12,14H,2,13H2,1H3. The van der Waals surface area contributed by atoms with Gasteiger partial charge in [0.2, 0.25) is 11.2 Å². The lowest BCUT2D eigenvalue weighted by Crippen LogP contribution is -2.05. The van der Waals surface area contributed by atoms with Crippen LogP contribution in [0.3, 0.4) is 0 Å². The van der Waals surface area contributed by atoms with Gasteiger partial charge in [0.05, 0.1) is 5.39 Å². The lowest BCUT2D eigenvalue weighted by Gasteiger charge is -2.09. The molecule has 30 heavy (non-hydrogen) atoms. The number of hydrogen-bond acceptors (Lipinski definition) is 4. The Labute approximate surface area is 183 Å². The molecular weight excluding hydrogens is 423 g/mol. The molecule has 0 N–H and O–H groups in total. The molecular formula is C24H18Cl2O4. The Balaban J connectivity index is 1.53. The summed E-state index contributed by atoms with van der Waals surface area (Å²) < 4.78 is 17.1. The normalized spacial score (nSPS) is 10.9.